The Labute approximate surface area is 144 Å². The molecule has 1 heterocycles. The molecule has 0 aromatic rings. The van der Waals surface area contributed by atoms with Crippen molar-refractivity contribution in [1.82, 2.24) is 0 Å². The third-order valence-corrected chi connectivity index (χ3v) is 5.29. The summed E-state index contributed by atoms with van der Waals surface area (Å²) in [5.74, 6) is -0.110. The Morgan fingerprint density at radius 1 is 1.46 bits per heavy atom. The highest BCUT2D eigenvalue weighted by atomic mass is 16.6. The zero-order valence-corrected chi connectivity index (χ0v) is 15.3. The normalized spacial score (nSPS) is 34.0. The van der Waals surface area contributed by atoms with Gasteiger partial charge in [-0.3, -0.25) is 4.79 Å². The SMILES string of the molecule is C=C(C)C1CC=C(C)C(OC(=O)C(C)=CC)CC2OC2(C)C(=O)C1. The molecule has 132 valence electrons. The van der Waals surface area contributed by atoms with Crippen molar-refractivity contribution in [3.05, 3.63) is 35.5 Å². The maximum atomic E-state index is 12.6. The number of ketones is 1. The van der Waals surface area contributed by atoms with Crippen molar-refractivity contribution in [2.45, 2.75) is 71.7 Å². The molecule has 0 amide bonds. The average molecular weight is 332 g/mol. The van der Waals surface area contributed by atoms with Crippen molar-refractivity contribution in [3.8, 4) is 0 Å². The maximum absolute atomic E-state index is 12.6. The van der Waals surface area contributed by atoms with E-state index in [1.807, 2.05) is 27.7 Å². The van der Waals surface area contributed by atoms with Crippen LogP contribution in [0.15, 0.2) is 35.5 Å². The van der Waals surface area contributed by atoms with Crippen LogP contribution in [0.5, 0.6) is 0 Å². The number of epoxide rings is 1. The minimum absolute atomic E-state index is 0.0980. The predicted molar refractivity (Wildman–Crippen MR) is 93.5 cm³/mol. The second-order valence-electron chi connectivity index (χ2n) is 7.17. The Kier molecular flexibility index (Phi) is 5.49. The summed E-state index contributed by atoms with van der Waals surface area (Å²) in [7, 11) is 0. The molecule has 4 nitrogen and oxygen atoms in total. The first-order chi connectivity index (χ1) is 11.2. The quantitative estimate of drug-likeness (QED) is 0.340. The molecule has 0 aromatic carbocycles. The molecule has 1 aliphatic carbocycles. The zero-order valence-electron chi connectivity index (χ0n) is 15.3. The van der Waals surface area contributed by atoms with Crippen LogP contribution in [0.2, 0.25) is 0 Å². The number of allylic oxidation sites excluding steroid dienone is 3. The van der Waals surface area contributed by atoms with Gasteiger partial charge in [0, 0.05) is 18.4 Å². The highest BCUT2D eigenvalue weighted by molar-refractivity contribution is 5.90. The van der Waals surface area contributed by atoms with Crippen LogP contribution in [0, 0.1) is 5.92 Å². The lowest BCUT2D eigenvalue weighted by Gasteiger charge is -2.22. The fourth-order valence-corrected chi connectivity index (χ4v) is 2.99. The molecule has 4 heteroatoms. The summed E-state index contributed by atoms with van der Waals surface area (Å²) in [6.45, 7) is 13.3. The van der Waals surface area contributed by atoms with Crippen molar-refractivity contribution in [3.63, 3.8) is 0 Å². The van der Waals surface area contributed by atoms with Crippen LogP contribution >= 0.6 is 0 Å². The van der Waals surface area contributed by atoms with Crippen molar-refractivity contribution in [2.75, 3.05) is 0 Å². The van der Waals surface area contributed by atoms with E-state index in [9.17, 15) is 9.59 Å². The number of hydrogen-bond donors (Lipinski definition) is 0. The van der Waals surface area contributed by atoms with Gasteiger partial charge >= 0.3 is 5.97 Å². The molecule has 0 saturated carbocycles. The monoisotopic (exact) mass is 332 g/mol. The molecular weight excluding hydrogens is 304 g/mol. The van der Waals surface area contributed by atoms with Gasteiger partial charge in [0.05, 0.1) is 6.10 Å². The van der Waals surface area contributed by atoms with Gasteiger partial charge in [0.15, 0.2) is 5.78 Å². The summed E-state index contributed by atoms with van der Waals surface area (Å²) >= 11 is 0. The molecule has 1 fully saturated rings. The van der Waals surface area contributed by atoms with E-state index in [1.165, 1.54) is 0 Å². The standard InChI is InChI=1S/C20H28O4/c1-7-13(4)19(22)23-16-11-18-20(6,24-18)17(21)10-15(12(2)3)9-8-14(16)5/h7-8,15-16,18H,2,9-11H2,1,3-6H3. The number of rotatable bonds is 3. The predicted octanol–water partition coefficient (Wildman–Crippen LogP) is 3.91. The number of carbonyl (C=O) groups excluding carboxylic acids is 2. The average Bonchev–Trinajstić information content (AvgIpc) is 3.19. The van der Waals surface area contributed by atoms with Crippen LogP contribution in [0.1, 0.15) is 53.9 Å². The number of esters is 1. The Bertz CT molecular complexity index is 613. The van der Waals surface area contributed by atoms with E-state index in [-0.39, 0.29) is 29.9 Å². The first-order valence-corrected chi connectivity index (χ1v) is 8.56. The summed E-state index contributed by atoms with van der Waals surface area (Å²) in [6, 6.07) is 0. The molecule has 0 bridgehead atoms. The topological polar surface area (TPSA) is 55.9 Å². The minimum Gasteiger partial charge on any atom is -0.454 e. The second-order valence-corrected chi connectivity index (χ2v) is 7.17. The van der Waals surface area contributed by atoms with Gasteiger partial charge in [0.2, 0.25) is 0 Å². The molecule has 2 aliphatic rings. The van der Waals surface area contributed by atoms with E-state index in [0.29, 0.717) is 18.4 Å². The second kappa shape index (κ2) is 7.06. The van der Waals surface area contributed by atoms with Crippen LogP contribution in [0.4, 0.5) is 0 Å². The van der Waals surface area contributed by atoms with Crippen LogP contribution in [0.3, 0.4) is 0 Å². The summed E-state index contributed by atoms with van der Waals surface area (Å²) in [4.78, 5) is 24.7. The molecule has 4 atom stereocenters. The smallest absolute Gasteiger partial charge is 0.333 e. The molecule has 0 aromatic heterocycles. The van der Waals surface area contributed by atoms with Crippen LogP contribution in [-0.4, -0.2) is 29.6 Å². The van der Waals surface area contributed by atoms with Gasteiger partial charge in [-0.25, -0.2) is 4.79 Å². The lowest BCUT2D eigenvalue weighted by molar-refractivity contribution is -0.143. The number of carbonyl (C=O) groups is 2. The number of hydrogen-bond acceptors (Lipinski definition) is 4. The maximum Gasteiger partial charge on any atom is 0.333 e. The van der Waals surface area contributed by atoms with E-state index < -0.39 is 5.60 Å². The Morgan fingerprint density at radius 3 is 2.71 bits per heavy atom. The molecule has 1 saturated heterocycles. The summed E-state index contributed by atoms with van der Waals surface area (Å²) in [5.41, 5.74) is 1.83. The van der Waals surface area contributed by atoms with Crippen molar-refractivity contribution in [2.24, 2.45) is 5.92 Å². The Morgan fingerprint density at radius 2 is 2.12 bits per heavy atom. The van der Waals surface area contributed by atoms with Crippen LogP contribution < -0.4 is 0 Å². The number of fused-ring (bicyclic) bond motifs is 1. The summed E-state index contributed by atoms with van der Waals surface area (Å²) in [5, 5.41) is 0. The van der Waals surface area contributed by atoms with Crippen molar-refractivity contribution >= 4 is 11.8 Å². The molecule has 0 N–H and O–H groups in total. The fourth-order valence-electron chi connectivity index (χ4n) is 2.99. The van der Waals surface area contributed by atoms with Gasteiger partial charge in [0.1, 0.15) is 11.7 Å². The largest absolute Gasteiger partial charge is 0.454 e. The van der Waals surface area contributed by atoms with Gasteiger partial charge in [-0.1, -0.05) is 24.3 Å². The van der Waals surface area contributed by atoms with Gasteiger partial charge in [-0.05, 0) is 52.5 Å². The first kappa shape index (κ1) is 18.7. The molecule has 2 rings (SSSR count). The van der Waals surface area contributed by atoms with Crippen molar-refractivity contribution in [1.29, 1.82) is 0 Å². The van der Waals surface area contributed by atoms with Gasteiger partial charge in [-0.2, -0.15) is 0 Å². The van der Waals surface area contributed by atoms with Gasteiger partial charge in [0.25, 0.3) is 0 Å². The van der Waals surface area contributed by atoms with E-state index >= 15 is 0 Å². The molecule has 24 heavy (non-hydrogen) atoms. The molecule has 0 spiro atoms. The first-order valence-electron chi connectivity index (χ1n) is 8.56. The fraction of sp³-hybridized carbons (Fsp3) is 0.600. The third-order valence-electron chi connectivity index (χ3n) is 5.29. The number of ether oxygens (including phenoxy) is 2. The lowest BCUT2D eigenvalue weighted by Crippen LogP contribution is -2.30. The zero-order chi connectivity index (χ0) is 18.1. The Hall–Kier alpha value is -1.68. The third kappa shape index (κ3) is 3.86. The highest BCUT2D eigenvalue weighted by Crippen LogP contribution is 2.44. The van der Waals surface area contributed by atoms with E-state index in [1.54, 1.807) is 13.0 Å². The van der Waals surface area contributed by atoms with Crippen LogP contribution in [-0.2, 0) is 19.1 Å². The molecule has 1 aliphatic heterocycles. The van der Waals surface area contributed by atoms with Crippen LogP contribution in [0.25, 0.3) is 0 Å². The molecule has 4 unspecified atom stereocenters. The lowest BCUT2D eigenvalue weighted by atomic mass is 9.84. The molecular formula is C20H28O4. The van der Waals surface area contributed by atoms with Gasteiger partial charge in [-0.15, -0.1) is 0 Å². The molecule has 0 radical (unpaired) electrons. The van der Waals surface area contributed by atoms with Gasteiger partial charge < -0.3 is 9.47 Å². The summed E-state index contributed by atoms with van der Waals surface area (Å²) < 4.78 is 11.4. The minimum atomic E-state index is -0.744. The van der Waals surface area contributed by atoms with E-state index in [4.69, 9.17) is 9.47 Å². The van der Waals surface area contributed by atoms with E-state index in [0.717, 1.165) is 17.6 Å². The van der Waals surface area contributed by atoms with Crippen molar-refractivity contribution < 1.29 is 19.1 Å². The Balaban J connectivity index is 2.25. The highest BCUT2D eigenvalue weighted by Gasteiger charge is 2.58. The van der Waals surface area contributed by atoms with E-state index in [2.05, 4.69) is 12.7 Å². The number of Topliss-reactive ketones (excluding diaryl/α,β-unsaturated/α-hetero) is 1. The summed E-state index contributed by atoms with van der Waals surface area (Å²) in [6.07, 6.45) is 4.95.